The van der Waals surface area contributed by atoms with E-state index in [-0.39, 0.29) is 0 Å². The van der Waals surface area contributed by atoms with Gasteiger partial charge in [0, 0.05) is 0 Å². The molecule has 0 radical (unpaired) electrons. The second-order valence-electron chi connectivity index (χ2n) is 5.99. The molecule has 126 valence electrons. The highest BCUT2D eigenvalue weighted by molar-refractivity contribution is 6.39. The van der Waals surface area contributed by atoms with Crippen molar-refractivity contribution in [1.29, 1.82) is 0 Å². The second kappa shape index (κ2) is 8.29. The van der Waals surface area contributed by atoms with Gasteiger partial charge < -0.3 is 14.0 Å². The van der Waals surface area contributed by atoms with Gasteiger partial charge in [-0.25, -0.2) is 0 Å². The molecule has 0 unspecified atom stereocenters. The highest BCUT2D eigenvalue weighted by atomic mass is 16.7. The standard InChI is InChI=1S/C21H21BO3/c1-17(2)18-13-15-21(16-14-18)25-22(23-19-9-5-3-6-10-19)24-20-11-7-4-8-12-20/h3-17H,1-2H3. The largest absolute Gasteiger partial charge is 0.864 e. The Morgan fingerprint density at radius 1 is 0.560 bits per heavy atom. The number of hydrogen-bond donors (Lipinski definition) is 0. The average molecular weight is 332 g/mol. The third-order valence-electron chi connectivity index (χ3n) is 3.73. The van der Waals surface area contributed by atoms with Crippen LogP contribution in [0, 0.1) is 0 Å². The van der Waals surface area contributed by atoms with E-state index in [1.165, 1.54) is 5.56 Å². The van der Waals surface area contributed by atoms with Crippen LogP contribution >= 0.6 is 0 Å². The van der Waals surface area contributed by atoms with Crippen molar-refractivity contribution in [3.05, 3.63) is 90.5 Å². The molecule has 0 saturated heterocycles. The molecule has 0 aromatic heterocycles. The molecule has 0 N–H and O–H groups in total. The van der Waals surface area contributed by atoms with E-state index in [1.807, 2.05) is 72.8 Å². The first-order valence-corrected chi connectivity index (χ1v) is 8.41. The summed E-state index contributed by atoms with van der Waals surface area (Å²) in [4.78, 5) is 0. The highest BCUT2D eigenvalue weighted by Gasteiger charge is 2.30. The summed E-state index contributed by atoms with van der Waals surface area (Å²) in [6, 6.07) is 27.0. The Morgan fingerprint density at radius 3 is 1.36 bits per heavy atom. The van der Waals surface area contributed by atoms with E-state index in [2.05, 4.69) is 26.0 Å². The molecule has 4 heteroatoms. The first kappa shape index (κ1) is 17.0. The first-order valence-electron chi connectivity index (χ1n) is 8.41. The van der Waals surface area contributed by atoms with E-state index in [0.29, 0.717) is 23.2 Å². The molecule has 0 spiro atoms. The van der Waals surface area contributed by atoms with Crippen LogP contribution in [0.5, 0.6) is 17.2 Å². The lowest BCUT2D eigenvalue weighted by Gasteiger charge is -2.17. The summed E-state index contributed by atoms with van der Waals surface area (Å²) in [5, 5.41) is 0. The zero-order valence-corrected chi connectivity index (χ0v) is 14.5. The fourth-order valence-corrected chi connectivity index (χ4v) is 2.33. The van der Waals surface area contributed by atoms with Gasteiger partial charge in [0.25, 0.3) is 0 Å². The Balaban J connectivity index is 1.75. The average Bonchev–Trinajstić information content (AvgIpc) is 2.64. The molecule has 0 bridgehead atoms. The lowest BCUT2D eigenvalue weighted by molar-refractivity contribution is 0.307. The van der Waals surface area contributed by atoms with Crippen molar-refractivity contribution in [2.24, 2.45) is 0 Å². The van der Waals surface area contributed by atoms with Gasteiger partial charge in [0.05, 0.1) is 0 Å². The highest BCUT2D eigenvalue weighted by Crippen LogP contribution is 2.21. The van der Waals surface area contributed by atoms with E-state index in [0.717, 1.165) is 0 Å². The Kier molecular flexibility index (Phi) is 5.63. The summed E-state index contributed by atoms with van der Waals surface area (Å²) in [5.74, 6) is 2.54. The quantitative estimate of drug-likeness (QED) is 0.547. The molecule has 0 heterocycles. The minimum atomic E-state index is -0.880. The van der Waals surface area contributed by atoms with E-state index in [4.69, 9.17) is 14.0 Å². The molecule has 0 aliphatic rings. The summed E-state index contributed by atoms with van der Waals surface area (Å²) in [5.41, 5.74) is 1.26. The molecule has 3 aromatic rings. The van der Waals surface area contributed by atoms with Crippen molar-refractivity contribution >= 4 is 7.32 Å². The predicted octanol–water partition coefficient (Wildman–Crippen LogP) is 5.33. The lowest BCUT2D eigenvalue weighted by atomic mass is 10.0. The summed E-state index contributed by atoms with van der Waals surface area (Å²) in [6.07, 6.45) is 0. The van der Waals surface area contributed by atoms with Crippen LogP contribution in [0.2, 0.25) is 0 Å². The normalized spacial score (nSPS) is 10.4. The van der Waals surface area contributed by atoms with Crippen LogP contribution in [-0.4, -0.2) is 7.32 Å². The van der Waals surface area contributed by atoms with Gasteiger partial charge in [0.15, 0.2) is 0 Å². The molecule has 0 aliphatic carbocycles. The van der Waals surface area contributed by atoms with Gasteiger partial charge >= 0.3 is 7.32 Å². The van der Waals surface area contributed by atoms with Crippen molar-refractivity contribution in [1.82, 2.24) is 0 Å². The van der Waals surface area contributed by atoms with Gasteiger partial charge in [-0.15, -0.1) is 0 Å². The Hall–Kier alpha value is -2.88. The molecule has 0 fully saturated rings. The summed E-state index contributed by atoms with van der Waals surface area (Å²) >= 11 is 0. The van der Waals surface area contributed by atoms with Crippen LogP contribution in [0.15, 0.2) is 84.9 Å². The van der Waals surface area contributed by atoms with Crippen LogP contribution in [-0.2, 0) is 0 Å². The van der Waals surface area contributed by atoms with E-state index < -0.39 is 7.32 Å². The molecule has 0 atom stereocenters. The smallest absolute Gasteiger partial charge is 0.490 e. The maximum Gasteiger partial charge on any atom is 0.864 e. The van der Waals surface area contributed by atoms with Crippen LogP contribution in [0.25, 0.3) is 0 Å². The zero-order chi connectivity index (χ0) is 17.5. The molecule has 0 amide bonds. The van der Waals surface area contributed by atoms with Crippen molar-refractivity contribution in [2.45, 2.75) is 19.8 Å². The minimum absolute atomic E-state index is 0.478. The number of hydrogen-bond acceptors (Lipinski definition) is 3. The maximum atomic E-state index is 5.91. The van der Waals surface area contributed by atoms with Gasteiger partial charge in [-0.3, -0.25) is 0 Å². The Morgan fingerprint density at radius 2 is 0.960 bits per heavy atom. The summed E-state index contributed by atoms with van der Waals surface area (Å²) in [7, 11) is -0.880. The SMILES string of the molecule is CC(C)c1ccc(OB(Oc2ccccc2)Oc2ccccc2)cc1. The zero-order valence-electron chi connectivity index (χ0n) is 14.5. The van der Waals surface area contributed by atoms with Crippen molar-refractivity contribution in [3.8, 4) is 17.2 Å². The third kappa shape index (κ3) is 5.05. The van der Waals surface area contributed by atoms with Crippen LogP contribution < -0.4 is 14.0 Å². The van der Waals surface area contributed by atoms with Gasteiger partial charge in [-0.05, 0) is 47.9 Å². The van der Waals surface area contributed by atoms with E-state index in [9.17, 15) is 0 Å². The van der Waals surface area contributed by atoms with Gasteiger partial charge in [0.1, 0.15) is 17.2 Å². The Labute approximate surface area is 149 Å². The maximum absolute atomic E-state index is 5.91. The molecule has 25 heavy (non-hydrogen) atoms. The Bertz CT molecular complexity index is 717. The van der Waals surface area contributed by atoms with Gasteiger partial charge in [-0.1, -0.05) is 62.4 Å². The van der Waals surface area contributed by atoms with Crippen LogP contribution in [0.4, 0.5) is 0 Å². The predicted molar refractivity (Wildman–Crippen MR) is 101 cm³/mol. The minimum Gasteiger partial charge on any atom is -0.490 e. The molecule has 0 aliphatic heterocycles. The topological polar surface area (TPSA) is 27.7 Å². The fourth-order valence-electron chi connectivity index (χ4n) is 2.33. The number of rotatable bonds is 7. The monoisotopic (exact) mass is 332 g/mol. The molecular weight excluding hydrogens is 311 g/mol. The van der Waals surface area contributed by atoms with Crippen LogP contribution in [0.1, 0.15) is 25.3 Å². The second-order valence-corrected chi connectivity index (χ2v) is 5.99. The van der Waals surface area contributed by atoms with Crippen molar-refractivity contribution in [3.63, 3.8) is 0 Å². The lowest BCUT2D eigenvalue weighted by Crippen LogP contribution is -2.36. The van der Waals surface area contributed by atoms with Gasteiger partial charge in [-0.2, -0.15) is 0 Å². The number of benzene rings is 3. The van der Waals surface area contributed by atoms with Crippen molar-refractivity contribution < 1.29 is 14.0 Å². The first-order chi connectivity index (χ1) is 12.2. The van der Waals surface area contributed by atoms with E-state index in [1.54, 1.807) is 0 Å². The molecule has 3 aromatic carbocycles. The molecule has 0 saturated carbocycles. The molecule has 3 rings (SSSR count). The molecular formula is C21H21BO3. The molecule has 3 nitrogen and oxygen atoms in total. The third-order valence-corrected chi connectivity index (χ3v) is 3.73. The summed E-state index contributed by atoms with van der Waals surface area (Å²) in [6.45, 7) is 4.32. The van der Waals surface area contributed by atoms with Gasteiger partial charge in [0.2, 0.25) is 0 Å². The van der Waals surface area contributed by atoms with E-state index >= 15 is 0 Å². The summed E-state index contributed by atoms with van der Waals surface area (Å²) < 4.78 is 17.6. The number of para-hydroxylation sites is 2. The van der Waals surface area contributed by atoms with Crippen LogP contribution in [0.3, 0.4) is 0 Å². The fraction of sp³-hybridized carbons (Fsp3) is 0.143. The van der Waals surface area contributed by atoms with Crippen molar-refractivity contribution in [2.75, 3.05) is 0 Å².